The van der Waals surface area contributed by atoms with Crippen molar-refractivity contribution < 1.29 is 14.7 Å². The molecule has 2 N–H and O–H groups in total. The smallest absolute Gasteiger partial charge is 0.295 e. The number of hydrogen-bond acceptors (Lipinski definition) is 5. The first kappa shape index (κ1) is 19.6. The molecule has 0 unspecified atom stereocenters. The van der Waals surface area contributed by atoms with Crippen molar-refractivity contribution in [3.63, 3.8) is 0 Å². The highest BCUT2D eigenvalue weighted by Crippen LogP contribution is 2.40. The third-order valence-corrected chi connectivity index (χ3v) is 5.39. The highest BCUT2D eigenvalue weighted by atomic mass is 16.3. The number of nitrogens with zero attached hydrogens (tertiary/aromatic N) is 4. The largest absolute Gasteiger partial charge is 0.507 e. The second-order valence-corrected chi connectivity index (χ2v) is 7.37. The van der Waals surface area contributed by atoms with Crippen molar-refractivity contribution in [2.45, 2.75) is 32.9 Å². The van der Waals surface area contributed by atoms with Crippen LogP contribution in [-0.4, -0.2) is 48.0 Å². The quantitative estimate of drug-likeness (QED) is 0.373. The van der Waals surface area contributed by atoms with Crippen molar-refractivity contribution in [1.82, 2.24) is 24.6 Å². The minimum absolute atomic E-state index is 0.0985. The maximum absolute atomic E-state index is 13.0. The molecule has 0 saturated carbocycles. The van der Waals surface area contributed by atoms with Crippen molar-refractivity contribution in [3.8, 4) is 0 Å². The van der Waals surface area contributed by atoms with E-state index in [9.17, 15) is 14.7 Å². The molecule has 2 aromatic heterocycles. The van der Waals surface area contributed by atoms with Crippen molar-refractivity contribution >= 4 is 17.4 Å². The van der Waals surface area contributed by atoms with Crippen LogP contribution in [0.4, 0.5) is 0 Å². The molecule has 30 heavy (non-hydrogen) atoms. The number of benzene rings is 1. The van der Waals surface area contributed by atoms with E-state index in [-0.39, 0.29) is 11.3 Å². The van der Waals surface area contributed by atoms with Crippen molar-refractivity contribution in [2.24, 2.45) is 0 Å². The molecule has 1 aromatic carbocycles. The zero-order valence-corrected chi connectivity index (χ0v) is 16.9. The van der Waals surface area contributed by atoms with E-state index < -0.39 is 17.7 Å². The highest BCUT2D eigenvalue weighted by Gasteiger charge is 2.46. The zero-order chi connectivity index (χ0) is 21.3. The van der Waals surface area contributed by atoms with Gasteiger partial charge in [0.05, 0.1) is 29.2 Å². The standard InChI is InChI=1S/C22H23N5O3/c1-14-17(15(2)25-24-14)20(28)18-19(16-7-4-3-5-8-16)27(22(30)21(18)29)11-6-10-26-12-9-23-13-26/h3-5,7-9,12-13,19,28H,6,10-11H2,1-2H3,(H,24,25)/t19-/m0/s1. The monoisotopic (exact) mass is 405 g/mol. The molecular formula is C22H23N5O3. The SMILES string of the molecule is Cc1n[nH]c(C)c1C(O)=C1C(=O)C(=O)N(CCCn2ccnc2)[C@H]1c1ccccc1. The highest BCUT2D eigenvalue weighted by molar-refractivity contribution is 6.46. The summed E-state index contributed by atoms with van der Waals surface area (Å²) in [6.45, 7) is 4.57. The summed E-state index contributed by atoms with van der Waals surface area (Å²) < 4.78 is 1.92. The Labute approximate surface area is 173 Å². The minimum Gasteiger partial charge on any atom is -0.507 e. The van der Waals surface area contributed by atoms with Gasteiger partial charge in [0.15, 0.2) is 0 Å². The fourth-order valence-electron chi connectivity index (χ4n) is 3.97. The third kappa shape index (κ3) is 3.41. The molecule has 8 nitrogen and oxygen atoms in total. The molecule has 0 aliphatic carbocycles. The van der Waals surface area contributed by atoms with Crippen LogP contribution in [0.3, 0.4) is 0 Å². The van der Waals surface area contributed by atoms with Crippen LogP contribution in [-0.2, 0) is 16.1 Å². The van der Waals surface area contributed by atoms with Gasteiger partial charge in [-0.1, -0.05) is 30.3 Å². The van der Waals surface area contributed by atoms with Gasteiger partial charge in [-0.25, -0.2) is 4.98 Å². The van der Waals surface area contributed by atoms with Crippen molar-refractivity contribution in [3.05, 3.63) is 77.1 Å². The number of carbonyl (C=O) groups excluding carboxylic acids is 2. The van der Waals surface area contributed by atoms with Crippen LogP contribution in [0.2, 0.25) is 0 Å². The number of aromatic amines is 1. The second kappa shape index (κ2) is 7.98. The molecule has 8 heteroatoms. The summed E-state index contributed by atoms with van der Waals surface area (Å²) >= 11 is 0. The Balaban J connectivity index is 1.74. The van der Waals surface area contributed by atoms with E-state index in [2.05, 4.69) is 15.2 Å². The number of Topliss-reactive ketones (excluding diaryl/α,β-unsaturated/α-hetero) is 1. The fraction of sp³-hybridized carbons (Fsp3) is 0.273. The van der Waals surface area contributed by atoms with Crippen molar-refractivity contribution in [1.29, 1.82) is 0 Å². The zero-order valence-electron chi connectivity index (χ0n) is 16.9. The molecule has 0 bridgehead atoms. The summed E-state index contributed by atoms with van der Waals surface area (Å²) in [6.07, 6.45) is 5.92. The molecule has 1 aliphatic rings. The number of imidazole rings is 1. The average Bonchev–Trinajstić information content (AvgIpc) is 3.44. The van der Waals surface area contributed by atoms with Gasteiger partial charge in [0.2, 0.25) is 0 Å². The van der Waals surface area contributed by atoms with Crippen LogP contribution in [0.5, 0.6) is 0 Å². The lowest BCUT2D eigenvalue weighted by Gasteiger charge is -2.25. The van der Waals surface area contributed by atoms with E-state index in [4.69, 9.17) is 0 Å². The number of rotatable bonds is 6. The number of H-pyrrole nitrogens is 1. The molecule has 3 heterocycles. The molecule has 1 amide bonds. The van der Waals surface area contributed by atoms with E-state index >= 15 is 0 Å². The van der Waals surface area contributed by atoms with E-state index in [1.807, 2.05) is 41.1 Å². The topological polar surface area (TPSA) is 104 Å². The number of amides is 1. The van der Waals surface area contributed by atoms with Gasteiger partial charge in [0.25, 0.3) is 11.7 Å². The number of aliphatic hydroxyl groups excluding tert-OH is 1. The number of aliphatic hydroxyl groups is 1. The molecule has 3 aromatic rings. The van der Waals surface area contributed by atoms with Gasteiger partial charge < -0.3 is 14.6 Å². The van der Waals surface area contributed by atoms with Crippen molar-refractivity contribution in [2.75, 3.05) is 6.54 Å². The molecule has 1 saturated heterocycles. The predicted octanol–water partition coefficient (Wildman–Crippen LogP) is 2.74. The van der Waals surface area contributed by atoms with Crippen LogP contribution in [0.1, 0.15) is 35.0 Å². The van der Waals surface area contributed by atoms with E-state index in [1.54, 1.807) is 31.3 Å². The van der Waals surface area contributed by atoms with Gasteiger partial charge in [-0.2, -0.15) is 5.10 Å². The number of hydrogen-bond donors (Lipinski definition) is 2. The molecule has 1 aliphatic heterocycles. The average molecular weight is 405 g/mol. The minimum atomic E-state index is -0.677. The second-order valence-electron chi connectivity index (χ2n) is 7.37. The lowest BCUT2D eigenvalue weighted by Crippen LogP contribution is -2.31. The van der Waals surface area contributed by atoms with Crippen LogP contribution in [0, 0.1) is 13.8 Å². The Morgan fingerprint density at radius 1 is 1.17 bits per heavy atom. The van der Waals surface area contributed by atoms with Crippen LogP contribution in [0.25, 0.3) is 5.76 Å². The first-order valence-electron chi connectivity index (χ1n) is 9.80. The van der Waals surface area contributed by atoms with Crippen LogP contribution < -0.4 is 0 Å². The molecule has 154 valence electrons. The van der Waals surface area contributed by atoms with Gasteiger partial charge in [0, 0.05) is 31.2 Å². The number of likely N-dealkylation sites (tertiary alicyclic amines) is 1. The normalized spacial score (nSPS) is 18.3. The van der Waals surface area contributed by atoms with Gasteiger partial charge in [0.1, 0.15) is 5.76 Å². The van der Waals surface area contributed by atoms with Gasteiger partial charge in [-0.05, 0) is 25.8 Å². The summed E-state index contributed by atoms with van der Waals surface area (Å²) in [7, 11) is 0. The predicted molar refractivity (Wildman–Crippen MR) is 110 cm³/mol. The van der Waals surface area contributed by atoms with Crippen LogP contribution in [0.15, 0.2) is 54.6 Å². The summed E-state index contributed by atoms with van der Waals surface area (Å²) in [6, 6.07) is 8.66. The fourth-order valence-corrected chi connectivity index (χ4v) is 3.97. The lowest BCUT2D eigenvalue weighted by atomic mass is 9.94. The Morgan fingerprint density at radius 3 is 2.57 bits per heavy atom. The molecule has 0 radical (unpaired) electrons. The van der Waals surface area contributed by atoms with E-state index in [0.29, 0.717) is 36.5 Å². The summed E-state index contributed by atoms with van der Waals surface area (Å²) in [4.78, 5) is 31.5. The number of ketones is 1. The molecular weight excluding hydrogens is 382 g/mol. The molecule has 4 rings (SSSR count). The third-order valence-electron chi connectivity index (χ3n) is 5.39. The first-order valence-corrected chi connectivity index (χ1v) is 9.80. The lowest BCUT2D eigenvalue weighted by molar-refractivity contribution is -0.139. The Kier molecular flexibility index (Phi) is 5.22. The summed E-state index contributed by atoms with van der Waals surface area (Å²) in [5.41, 5.74) is 2.56. The van der Waals surface area contributed by atoms with Gasteiger partial charge >= 0.3 is 0 Å². The Bertz CT molecular complexity index is 1080. The Hall–Kier alpha value is -3.68. The maximum Gasteiger partial charge on any atom is 0.295 e. The maximum atomic E-state index is 13.0. The molecule has 0 spiro atoms. The van der Waals surface area contributed by atoms with E-state index in [0.717, 1.165) is 5.56 Å². The Morgan fingerprint density at radius 2 is 1.93 bits per heavy atom. The van der Waals surface area contributed by atoms with Gasteiger partial charge in [-0.3, -0.25) is 14.7 Å². The summed E-state index contributed by atoms with van der Waals surface area (Å²) in [5, 5.41) is 18.0. The number of aryl methyl sites for hydroxylation is 3. The van der Waals surface area contributed by atoms with E-state index in [1.165, 1.54) is 0 Å². The molecule has 1 fully saturated rings. The first-order chi connectivity index (χ1) is 14.5. The number of carbonyl (C=O) groups is 2. The van der Waals surface area contributed by atoms with Crippen LogP contribution >= 0.6 is 0 Å². The number of nitrogens with one attached hydrogen (secondary N) is 1. The summed E-state index contributed by atoms with van der Waals surface area (Å²) in [5.74, 6) is -1.47. The number of aromatic nitrogens is 4. The molecule has 1 atom stereocenters. The van der Waals surface area contributed by atoms with Gasteiger partial charge in [-0.15, -0.1) is 0 Å².